The van der Waals surface area contributed by atoms with Crippen LogP contribution in [0.25, 0.3) is 0 Å². The zero-order valence-corrected chi connectivity index (χ0v) is 35.2. The maximum atomic E-state index is 12.7. The second-order valence-electron chi connectivity index (χ2n) is 15.2. The van der Waals surface area contributed by atoms with Crippen LogP contribution >= 0.6 is 0 Å². The van der Waals surface area contributed by atoms with Crippen LogP contribution in [-0.2, 0) is 28.6 Å². The summed E-state index contributed by atoms with van der Waals surface area (Å²) in [7, 11) is 5.50. The predicted octanol–water partition coefficient (Wildman–Crippen LogP) is 11.4. The largest absolute Gasteiger partial charge is 0.477 e. The number of carboxylic acid groups (broad SMARTS) is 1. The highest BCUT2D eigenvalue weighted by atomic mass is 16.6. The molecule has 0 aliphatic carbocycles. The molecule has 1 N–H and O–H groups in total. The molecule has 0 rings (SSSR count). The number of hydrogen-bond acceptors (Lipinski definition) is 6. The highest BCUT2D eigenvalue weighted by Gasteiger charge is 2.31. The minimum absolute atomic E-state index is 0.0395. The van der Waals surface area contributed by atoms with Gasteiger partial charge in [-0.1, -0.05) is 126 Å². The zero-order chi connectivity index (χ0) is 40.0. The van der Waals surface area contributed by atoms with Crippen LogP contribution in [0.3, 0.4) is 0 Å². The van der Waals surface area contributed by atoms with Gasteiger partial charge >= 0.3 is 17.9 Å². The standard InChI is InChI=1S/C46H79NO7/c1-6-8-10-12-14-16-18-20-22-24-26-28-30-32-34-36-44(48)53-41-42(40-52-39-38-43(46(50)51)47(3,4)5)54-45(49)37-35-33-31-29-27-25-23-21-19-17-15-13-11-9-7-2/h9,11,15,17,20-23,27,29,42-43H,6-8,10,12-14,16,18-19,24-26,28,30-41H2,1-5H3/p+1/b11-9-,17-15-,22-20-,23-21-,29-27-. The van der Waals surface area contributed by atoms with E-state index in [2.05, 4.69) is 74.6 Å². The van der Waals surface area contributed by atoms with Gasteiger partial charge < -0.3 is 23.8 Å². The van der Waals surface area contributed by atoms with Gasteiger partial charge in [0.2, 0.25) is 0 Å². The van der Waals surface area contributed by atoms with Gasteiger partial charge in [0.1, 0.15) is 6.61 Å². The molecular formula is C46H80NO7+. The van der Waals surface area contributed by atoms with Crippen molar-refractivity contribution in [3.05, 3.63) is 60.8 Å². The number of quaternary nitrogens is 1. The molecule has 0 amide bonds. The molecule has 0 radical (unpaired) electrons. The molecule has 0 saturated heterocycles. The minimum Gasteiger partial charge on any atom is -0.477 e. The molecule has 54 heavy (non-hydrogen) atoms. The fraction of sp³-hybridized carbons (Fsp3) is 0.717. The van der Waals surface area contributed by atoms with E-state index in [1.165, 1.54) is 51.4 Å². The Bertz CT molecular complexity index is 1070. The van der Waals surface area contributed by atoms with E-state index in [0.717, 1.165) is 70.6 Å². The third-order valence-corrected chi connectivity index (χ3v) is 9.15. The number of carboxylic acids is 1. The van der Waals surface area contributed by atoms with Crippen LogP contribution in [0.15, 0.2) is 60.8 Å². The van der Waals surface area contributed by atoms with Crippen molar-refractivity contribution in [1.82, 2.24) is 0 Å². The summed E-state index contributed by atoms with van der Waals surface area (Å²) in [6.07, 6.45) is 44.1. The Balaban J connectivity index is 4.46. The van der Waals surface area contributed by atoms with E-state index in [0.29, 0.717) is 19.3 Å². The molecule has 0 aliphatic heterocycles. The number of esters is 2. The Kier molecular flexibility index (Phi) is 34.9. The van der Waals surface area contributed by atoms with Gasteiger partial charge in [0, 0.05) is 19.3 Å². The number of unbranched alkanes of at least 4 members (excludes halogenated alkanes) is 13. The Morgan fingerprint density at radius 3 is 1.59 bits per heavy atom. The van der Waals surface area contributed by atoms with Gasteiger partial charge in [0.05, 0.1) is 34.4 Å². The summed E-state index contributed by atoms with van der Waals surface area (Å²) in [5, 5.41) is 9.61. The number of ether oxygens (including phenoxy) is 3. The van der Waals surface area contributed by atoms with Gasteiger partial charge in [-0.3, -0.25) is 9.59 Å². The topological polar surface area (TPSA) is 99.1 Å². The molecule has 0 aromatic rings. The molecule has 0 spiro atoms. The van der Waals surface area contributed by atoms with Crippen molar-refractivity contribution in [3.8, 4) is 0 Å². The van der Waals surface area contributed by atoms with Gasteiger partial charge in [-0.2, -0.15) is 0 Å². The number of aliphatic carboxylic acids is 1. The molecule has 310 valence electrons. The smallest absolute Gasteiger partial charge is 0.362 e. The molecule has 0 bridgehead atoms. The van der Waals surface area contributed by atoms with Gasteiger partial charge in [0.15, 0.2) is 12.1 Å². The Morgan fingerprint density at radius 2 is 1.04 bits per heavy atom. The number of carbonyl (C=O) groups is 3. The quantitative estimate of drug-likeness (QED) is 0.0291. The number of rotatable bonds is 37. The number of likely N-dealkylation sites (N-methyl/N-ethyl adjacent to an activating group) is 1. The highest BCUT2D eigenvalue weighted by Crippen LogP contribution is 2.12. The molecule has 0 aromatic heterocycles. The minimum atomic E-state index is -0.885. The third kappa shape index (κ3) is 34.8. The first-order chi connectivity index (χ1) is 26.1. The number of hydrogen-bond donors (Lipinski definition) is 1. The van der Waals surface area contributed by atoms with Crippen molar-refractivity contribution in [2.75, 3.05) is 41.0 Å². The average molecular weight is 759 g/mol. The summed E-state index contributed by atoms with van der Waals surface area (Å²) in [5.74, 6) is -1.54. The fourth-order valence-corrected chi connectivity index (χ4v) is 5.84. The van der Waals surface area contributed by atoms with Crippen LogP contribution in [-0.4, -0.2) is 80.6 Å². The van der Waals surface area contributed by atoms with Gasteiger partial charge in [-0.15, -0.1) is 0 Å². The predicted molar refractivity (Wildman–Crippen MR) is 224 cm³/mol. The van der Waals surface area contributed by atoms with E-state index in [4.69, 9.17) is 14.2 Å². The van der Waals surface area contributed by atoms with Gasteiger partial charge in [-0.25, -0.2) is 4.79 Å². The summed E-state index contributed by atoms with van der Waals surface area (Å²) >= 11 is 0. The Labute approximate surface area is 330 Å². The number of allylic oxidation sites excluding steroid dienone is 10. The molecule has 0 aliphatic rings. The van der Waals surface area contributed by atoms with E-state index in [1.54, 1.807) is 0 Å². The van der Waals surface area contributed by atoms with Crippen LogP contribution < -0.4 is 0 Å². The first kappa shape index (κ1) is 51.0. The van der Waals surface area contributed by atoms with E-state index in [1.807, 2.05) is 21.1 Å². The van der Waals surface area contributed by atoms with E-state index in [-0.39, 0.29) is 42.7 Å². The van der Waals surface area contributed by atoms with Crippen LogP contribution in [0, 0.1) is 0 Å². The summed E-state index contributed by atoms with van der Waals surface area (Å²) in [6.45, 7) is 4.55. The van der Waals surface area contributed by atoms with Crippen molar-refractivity contribution in [2.45, 2.75) is 174 Å². The van der Waals surface area contributed by atoms with Crippen LogP contribution in [0.4, 0.5) is 0 Å². The Hall–Kier alpha value is -2.97. The van der Waals surface area contributed by atoms with Crippen molar-refractivity contribution in [2.24, 2.45) is 0 Å². The van der Waals surface area contributed by atoms with Crippen LogP contribution in [0.5, 0.6) is 0 Å². The third-order valence-electron chi connectivity index (χ3n) is 9.15. The lowest BCUT2D eigenvalue weighted by Crippen LogP contribution is -2.50. The van der Waals surface area contributed by atoms with Crippen molar-refractivity contribution >= 4 is 17.9 Å². The van der Waals surface area contributed by atoms with Crippen molar-refractivity contribution < 1.29 is 38.2 Å². The normalized spacial score (nSPS) is 13.6. The first-order valence-electron chi connectivity index (χ1n) is 21.3. The number of nitrogens with zero attached hydrogens (tertiary/aromatic N) is 1. The maximum absolute atomic E-state index is 12.7. The lowest BCUT2D eigenvalue weighted by molar-refractivity contribution is -0.887. The molecule has 0 saturated carbocycles. The van der Waals surface area contributed by atoms with Gasteiger partial charge in [-0.05, 0) is 77.0 Å². The fourth-order valence-electron chi connectivity index (χ4n) is 5.84. The zero-order valence-electron chi connectivity index (χ0n) is 35.2. The SMILES string of the molecule is CC/C=C\C/C=C\C/C=C\C/C=C\CCCCC(=O)OC(COCCC(C(=O)O)[N+](C)(C)C)COC(=O)CCCCCCC/C=C\CCCCCCCC. The maximum Gasteiger partial charge on any atom is 0.362 e. The second kappa shape index (κ2) is 37.0. The van der Waals surface area contributed by atoms with Crippen molar-refractivity contribution in [3.63, 3.8) is 0 Å². The van der Waals surface area contributed by atoms with Crippen LogP contribution in [0.1, 0.15) is 162 Å². The summed E-state index contributed by atoms with van der Waals surface area (Å²) in [4.78, 5) is 36.9. The highest BCUT2D eigenvalue weighted by molar-refractivity contribution is 5.72. The lowest BCUT2D eigenvalue weighted by Gasteiger charge is -2.31. The van der Waals surface area contributed by atoms with E-state index in [9.17, 15) is 19.5 Å². The van der Waals surface area contributed by atoms with E-state index >= 15 is 0 Å². The molecular weight excluding hydrogens is 679 g/mol. The summed E-state index contributed by atoms with van der Waals surface area (Å²) < 4.78 is 17.2. The van der Waals surface area contributed by atoms with Crippen LogP contribution in [0.2, 0.25) is 0 Å². The second-order valence-corrected chi connectivity index (χ2v) is 15.2. The van der Waals surface area contributed by atoms with Gasteiger partial charge in [0.25, 0.3) is 0 Å². The monoisotopic (exact) mass is 759 g/mol. The molecule has 0 aromatic carbocycles. The first-order valence-corrected chi connectivity index (χ1v) is 21.3. The summed E-state index contributed by atoms with van der Waals surface area (Å²) in [5.41, 5.74) is 0. The van der Waals surface area contributed by atoms with Crippen molar-refractivity contribution in [1.29, 1.82) is 0 Å². The summed E-state index contributed by atoms with van der Waals surface area (Å²) in [6, 6.07) is -0.625. The molecule has 2 atom stereocenters. The molecule has 8 nitrogen and oxygen atoms in total. The molecule has 2 unspecified atom stereocenters. The molecule has 0 heterocycles. The molecule has 8 heteroatoms. The lowest BCUT2D eigenvalue weighted by atomic mass is 10.1. The average Bonchev–Trinajstić information content (AvgIpc) is 3.12. The van der Waals surface area contributed by atoms with E-state index < -0.39 is 18.1 Å². The molecule has 0 fully saturated rings. The Morgan fingerprint density at radius 1 is 0.574 bits per heavy atom. The number of carbonyl (C=O) groups excluding carboxylic acids is 2.